The van der Waals surface area contributed by atoms with Gasteiger partial charge in [0.25, 0.3) is 5.56 Å². The van der Waals surface area contributed by atoms with E-state index in [9.17, 15) is 9.59 Å². The topological polar surface area (TPSA) is 77.1 Å². The van der Waals surface area contributed by atoms with E-state index >= 15 is 0 Å². The molecule has 1 aliphatic rings. The summed E-state index contributed by atoms with van der Waals surface area (Å²) in [5, 5.41) is 3.32. The zero-order chi connectivity index (χ0) is 15.9. The van der Waals surface area contributed by atoms with E-state index in [4.69, 9.17) is 0 Å². The first-order valence-electron chi connectivity index (χ1n) is 7.62. The van der Waals surface area contributed by atoms with E-state index < -0.39 is 0 Å². The number of imidazole rings is 1. The summed E-state index contributed by atoms with van der Waals surface area (Å²) in [6.45, 7) is 6.91. The lowest BCUT2D eigenvalue weighted by Gasteiger charge is -2.26. The van der Waals surface area contributed by atoms with E-state index in [1.54, 1.807) is 4.57 Å². The van der Waals surface area contributed by atoms with Crippen LogP contribution in [0.4, 0.5) is 0 Å². The van der Waals surface area contributed by atoms with Crippen LogP contribution >= 0.6 is 0 Å². The van der Waals surface area contributed by atoms with Gasteiger partial charge in [0.05, 0.1) is 6.54 Å². The largest absolute Gasteiger partial charge is 0.332 e. The Morgan fingerprint density at radius 3 is 2.45 bits per heavy atom. The molecule has 1 N–H and O–H groups in total. The van der Waals surface area contributed by atoms with Crippen molar-refractivity contribution in [3.8, 4) is 0 Å². The monoisotopic (exact) mass is 306 g/mol. The van der Waals surface area contributed by atoms with Crippen LogP contribution in [0.5, 0.6) is 0 Å². The third-order valence-corrected chi connectivity index (χ3v) is 4.34. The number of aryl methyl sites for hydroxylation is 2. The van der Waals surface area contributed by atoms with E-state index in [0.717, 1.165) is 36.6 Å². The standard InChI is InChI=1S/C14H22N6O2/c1-4-20-12-11(13(21)18(3)14(20)22)17(2)10(16-12)9-19-7-5-15-6-8-19/h15H,4-9H2,1-3H3. The molecular formula is C14H22N6O2. The van der Waals surface area contributed by atoms with Crippen molar-refractivity contribution < 1.29 is 0 Å². The lowest BCUT2D eigenvalue weighted by atomic mass is 10.3. The Kier molecular flexibility index (Phi) is 3.88. The molecule has 3 rings (SSSR count). The molecule has 8 nitrogen and oxygen atoms in total. The molecule has 1 aliphatic heterocycles. The molecule has 0 aliphatic carbocycles. The van der Waals surface area contributed by atoms with Gasteiger partial charge in [-0.05, 0) is 6.92 Å². The Balaban J connectivity index is 2.13. The van der Waals surface area contributed by atoms with Crippen LogP contribution in [0.1, 0.15) is 12.7 Å². The van der Waals surface area contributed by atoms with Gasteiger partial charge in [0.1, 0.15) is 5.82 Å². The first-order chi connectivity index (χ1) is 10.5. The zero-order valence-corrected chi connectivity index (χ0v) is 13.3. The van der Waals surface area contributed by atoms with Gasteiger partial charge in [-0.3, -0.25) is 18.8 Å². The van der Waals surface area contributed by atoms with E-state index in [0.29, 0.717) is 24.3 Å². The Bertz CT molecular complexity index is 809. The molecule has 1 fully saturated rings. The third kappa shape index (κ3) is 2.28. The summed E-state index contributed by atoms with van der Waals surface area (Å²) in [7, 11) is 3.36. The van der Waals surface area contributed by atoms with Crippen LogP contribution < -0.4 is 16.6 Å². The molecule has 0 aromatic carbocycles. The van der Waals surface area contributed by atoms with Crippen molar-refractivity contribution in [2.24, 2.45) is 14.1 Å². The van der Waals surface area contributed by atoms with E-state index in [1.807, 2.05) is 18.5 Å². The van der Waals surface area contributed by atoms with E-state index in [2.05, 4.69) is 15.2 Å². The Morgan fingerprint density at radius 2 is 1.82 bits per heavy atom. The molecule has 1 saturated heterocycles. The number of piperazine rings is 1. The van der Waals surface area contributed by atoms with Gasteiger partial charge in [-0.1, -0.05) is 0 Å². The Labute approximate surface area is 128 Å². The van der Waals surface area contributed by atoms with Crippen LogP contribution in [0.2, 0.25) is 0 Å². The maximum Gasteiger partial charge on any atom is 0.332 e. The van der Waals surface area contributed by atoms with Gasteiger partial charge in [-0.2, -0.15) is 0 Å². The van der Waals surface area contributed by atoms with E-state index in [-0.39, 0.29) is 11.2 Å². The number of aromatic nitrogens is 4. The number of nitrogens with one attached hydrogen (secondary N) is 1. The Hall–Kier alpha value is -1.93. The summed E-state index contributed by atoms with van der Waals surface area (Å²) in [5.41, 5.74) is 0.385. The molecule has 22 heavy (non-hydrogen) atoms. The molecule has 2 aromatic rings. The minimum Gasteiger partial charge on any atom is -0.324 e. The fraction of sp³-hybridized carbons (Fsp3) is 0.643. The van der Waals surface area contributed by atoms with Gasteiger partial charge in [0.15, 0.2) is 11.2 Å². The summed E-state index contributed by atoms with van der Waals surface area (Å²) in [6, 6.07) is 0. The molecule has 3 heterocycles. The number of hydrogen-bond donors (Lipinski definition) is 1. The SMILES string of the molecule is CCn1c(=O)n(C)c(=O)c2c1nc(CN1CCNCC1)n2C. The fourth-order valence-corrected chi connectivity index (χ4v) is 2.97. The smallest absolute Gasteiger partial charge is 0.324 e. The highest BCUT2D eigenvalue weighted by molar-refractivity contribution is 5.71. The zero-order valence-electron chi connectivity index (χ0n) is 13.3. The second-order valence-corrected chi connectivity index (χ2v) is 5.68. The normalized spacial score (nSPS) is 16.5. The first-order valence-corrected chi connectivity index (χ1v) is 7.62. The summed E-state index contributed by atoms with van der Waals surface area (Å²) >= 11 is 0. The van der Waals surface area contributed by atoms with Gasteiger partial charge < -0.3 is 9.88 Å². The lowest BCUT2D eigenvalue weighted by molar-refractivity contribution is 0.226. The molecule has 0 unspecified atom stereocenters. The highest BCUT2D eigenvalue weighted by atomic mass is 16.2. The lowest BCUT2D eigenvalue weighted by Crippen LogP contribution is -2.43. The highest BCUT2D eigenvalue weighted by Crippen LogP contribution is 2.12. The van der Waals surface area contributed by atoms with Crippen molar-refractivity contribution in [3.63, 3.8) is 0 Å². The third-order valence-electron chi connectivity index (χ3n) is 4.34. The van der Waals surface area contributed by atoms with Crippen molar-refractivity contribution in [2.75, 3.05) is 26.2 Å². The summed E-state index contributed by atoms with van der Waals surface area (Å²) in [4.78, 5) is 31.5. The van der Waals surface area contributed by atoms with Crippen LogP contribution in [0.15, 0.2) is 9.59 Å². The molecule has 0 spiro atoms. The number of nitrogens with zero attached hydrogens (tertiary/aromatic N) is 5. The molecule has 0 atom stereocenters. The van der Waals surface area contributed by atoms with Gasteiger partial charge in [0, 0.05) is 46.8 Å². The van der Waals surface area contributed by atoms with Crippen LogP contribution in [0.25, 0.3) is 11.2 Å². The molecule has 0 saturated carbocycles. The van der Waals surface area contributed by atoms with Crippen LogP contribution in [0, 0.1) is 0 Å². The average molecular weight is 306 g/mol. The molecule has 0 radical (unpaired) electrons. The highest BCUT2D eigenvalue weighted by Gasteiger charge is 2.20. The molecule has 120 valence electrons. The fourth-order valence-electron chi connectivity index (χ4n) is 2.97. The van der Waals surface area contributed by atoms with Gasteiger partial charge in [-0.25, -0.2) is 9.78 Å². The van der Waals surface area contributed by atoms with E-state index in [1.165, 1.54) is 7.05 Å². The van der Waals surface area contributed by atoms with Gasteiger partial charge >= 0.3 is 5.69 Å². The minimum absolute atomic E-state index is 0.286. The summed E-state index contributed by atoms with van der Waals surface area (Å²) < 4.78 is 4.53. The quantitative estimate of drug-likeness (QED) is 0.775. The molecule has 0 amide bonds. The van der Waals surface area contributed by atoms with Crippen molar-refractivity contribution >= 4 is 11.2 Å². The summed E-state index contributed by atoms with van der Waals surface area (Å²) in [6.07, 6.45) is 0. The molecule has 2 aromatic heterocycles. The van der Waals surface area contributed by atoms with Gasteiger partial charge in [-0.15, -0.1) is 0 Å². The maximum absolute atomic E-state index is 12.4. The molecule has 0 bridgehead atoms. The van der Waals surface area contributed by atoms with Crippen LogP contribution in [0.3, 0.4) is 0 Å². The van der Waals surface area contributed by atoms with Crippen molar-refractivity contribution in [1.82, 2.24) is 28.9 Å². The predicted octanol–water partition coefficient (Wildman–Crippen LogP) is -1.14. The second kappa shape index (κ2) is 5.69. The maximum atomic E-state index is 12.4. The van der Waals surface area contributed by atoms with Crippen molar-refractivity contribution in [1.29, 1.82) is 0 Å². The Morgan fingerprint density at radius 1 is 1.14 bits per heavy atom. The first kappa shape index (κ1) is 15.0. The molecule has 8 heteroatoms. The van der Waals surface area contributed by atoms with Crippen molar-refractivity contribution in [3.05, 3.63) is 26.7 Å². The number of rotatable bonds is 3. The second-order valence-electron chi connectivity index (χ2n) is 5.68. The number of fused-ring (bicyclic) bond motifs is 1. The minimum atomic E-state index is -0.313. The van der Waals surface area contributed by atoms with Crippen LogP contribution in [-0.4, -0.2) is 49.8 Å². The average Bonchev–Trinajstić information content (AvgIpc) is 2.83. The summed E-state index contributed by atoms with van der Waals surface area (Å²) in [5.74, 6) is 0.821. The number of hydrogen-bond acceptors (Lipinski definition) is 5. The predicted molar refractivity (Wildman–Crippen MR) is 84.0 cm³/mol. The van der Waals surface area contributed by atoms with Crippen LogP contribution in [-0.2, 0) is 27.2 Å². The molecular weight excluding hydrogens is 284 g/mol. The van der Waals surface area contributed by atoms with Crippen molar-refractivity contribution in [2.45, 2.75) is 20.0 Å². The van der Waals surface area contributed by atoms with Gasteiger partial charge in [0.2, 0.25) is 0 Å².